The van der Waals surface area contributed by atoms with Gasteiger partial charge in [0.1, 0.15) is 5.75 Å². The third kappa shape index (κ3) is 2.86. The van der Waals surface area contributed by atoms with E-state index in [0.717, 1.165) is 21.3 Å². The van der Waals surface area contributed by atoms with Gasteiger partial charge in [0.15, 0.2) is 0 Å². The summed E-state index contributed by atoms with van der Waals surface area (Å²) in [4.78, 5) is 0. The van der Waals surface area contributed by atoms with Gasteiger partial charge in [-0.25, -0.2) is 0 Å². The molecule has 0 radical (unpaired) electrons. The van der Waals surface area contributed by atoms with E-state index in [1.165, 1.54) is 0 Å². The van der Waals surface area contributed by atoms with Crippen molar-refractivity contribution in [3.05, 3.63) is 63.1 Å². The highest BCUT2D eigenvalue weighted by atomic mass is 79.9. The van der Waals surface area contributed by atoms with E-state index in [-0.39, 0.29) is 6.04 Å². The van der Waals surface area contributed by atoms with Gasteiger partial charge >= 0.3 is 0 Å². The summed E-state index contributed by atoms with van der Waals surface area (Å²) in [7, 11) is 1.64. The largest absolute Gasteiger partial charge is 0.497 e. The average Bonchev–Trinajstić information content (AvgIpc) is 2.41. The molecule has 0 aromatic heterocycles. The van der Waals surface area contributed by atoms with Crippen LogP contribution >= 0.6 is 27.5 Å². The normalized spacial score (nSPS) is 12.2. The molecule has 2 rings (SSSR count). The van der Waals surface area contributed by atoms with Gasteiger partial charge < -0.3 is 10.5 Å². The maximum atomic E-state index is 6.27. The zero-order chi connectivity index (χ0) is 13.1. The predicted molar refractivity (Wildman–Crippen MR) is 78.2 cm³/mol. The standard InChI is InChI=1S/C14H13BrClNO/c1-18-11-4-2-3-9(7-11)14(17)12-8-10(16)5-6-13(12)15/h2-8,14H,17H2,1H3. The number of ether oxygens (including phenoxy) is 1. The molecule has 0 saturated heterocycles. The Kier molecular flexibility index (Phi) is 4.27. The SMILES string of the molecule is COc1cccc(C(N)c2cc(Cl)ccc2Br)c1. The van der Waals surface area contributed by atoms with Crippen LogP contribution in [0.4, 0.5) is 0 Å². The van der Waals surface area contributed by atoms with Crippen LogP contribution in [0.2, 0.25) is 5.02 Å². The number of rotatable bonds is 3. The van der Waals surface area contributed by atoms with Crippen LogP contribution in [0, 0.1) is 0 Å². The van der Waals surface area contributed by atoms with Gasteiger partial charge in [0.05, 0.1) is 13.2 Å². The fraction of sp³-hybridized carbons (Fsp3) is 0.143. The van der Waals surface area contributed by atoms with E-state index in [1.54, 1.807) is 7.11 Å². The van der Waals surface area contributed by atoms with E-state index < -0.39 is 0 Å². The van der Waals surface area contributed by atoms with Crippen LogP contribution in [0.15, 0.2) is 46.9 Å². The number of hydrogen-bond donors (Lipinski definition) is 1. The summed E-state index contributed by atoms with van der Waals surface area (Å²) in [6, 6.07) is 13.1. The summed E-state index contributed by atoms with van der Waals surface area (Å²) < 4.78 is 6.15. The highest BCUT2D eigenvalue weighted by Crippen LogP contribution is 2.30. The Bertz CT molecular complexity index is 559. The van der Waals surface area contributed by atoms with Gasteiger partial charge in [0.2, 0.25) is 0 Å². The molecule has 1 unspecified atom stereocenters. The Labute approximate surface area is 120 Å². The monoisotopic (exact) mass is 325 g/mol. The molecular weight excluding hydrogens is 314 g/mol. The Hall–Kier alpha value is -1.03. The van der Waals surface area contributed by atoms with Crippen LogP contribution in [0.5, 0.6) is 5.75 Å². The molecule has 18 heavy (non-hydrogen) atoms. The molecule has 0 aliphatic heterocycles. The van der Waals surface area contributed by atoms with Crippen molar-refractivity contribution < 1.29 is 4.74 Å². The zero-order valence-electron chi connectivity index (χ0n) is 9.86. The quantitative estimate of drug-likeness (QED) is 0.919. The van der Waals surface area contributed by atoms with Crippen molar-refractivity contribution >= 4 is 27.5 Å². The summed E-state index contributed by atoms with van der Waals surface area (Å²) in [5, 5.41) is 0.673. The minimum Gasteiger partial charge on any atom is -0.497 e. The molecule has 2 N–H and O–H groups in total. The number of hydrogen-bond acceptors (Lipinski definition) is 2. The molecule has 0 spiro atoms. The van der Waals surface area contributed by atoms with Gasteiger partial charge in [-0.1, -0.05) is 39.7 Å². The van der Waals surface area contributed by atoms with Crippen LogP contribution in [-0.4, -0.2) is 7.11 Å². The molecule has 1 atom stereocenters. The smallest absolute Gasteiger partial charge is 0.119 e. The fourth-order valence-electron chi connectivity index (χ4n) is 1.77. The summed E-state index contributed by atoms with van der Waals surface area (Å²) in [6.45, 7) is 0. The lowest BCUT2D eigenvalue weighted by molar-refractivity contribution is 0.414. The lowest BCUT2D eigenvalue weighted by atomic mass is 9.99. The first kappa shape index (κ1) is 13.4. The lowest BCUT2D eigenvalue weighted by Gasteiger charge is -2.15. The summed E-state index contributed by atoms with van der Waals surface area (Å²) in [6.07, 6.45) is 0. The number of benzene rings is 2. The van der Waals surface area contributed by atoms with E-state index in [2.05, 4.69) is 15.9 Å². The van der Waals surface area contributed by atoms with Crippen LogP contribution in [0.25, 0.3) is 0 Å². The highest BCUT2D eigenvalue weighted by Gasteiger charge is 2.13. The van der Waals surface area contributed by atoms with Crippen molar-refractivity contribution in [1.29, 1.82) is 0 Å². The van der Waals surface area contributed by atoms with Crippen molar-refractivity contribution in [3.8, 4) is 5.75 Å². The number of methoxy groups -OCH3 is 1. The fourth-order valence-corrected chi connectivity index (χ4v) is 2.44. The summed E-state index contributed by atoms with van der Waals surface area (Å²) >= 11 is 9.50. The topological polar surface area (TPSA) is 35.2 Å². The molecule has 0 aliphatic rings. The van der Waals surface area contributed by atoms with Crippen molar-refractivity contribution in [2.75, 3.05) is 7.11 Å². The first-order valence-electron chi connectivity index (χ1n) is 5.46. The van der Waals surface area contributed by atoms with Crippen LogP contribution < -0.4 is 10.5 Å². The Morgan fingerprint density at radius 3 is 2.72 bits per heavy atom. The number of halogens is 2. The molecular formula is C14H13BrClNO. The maximum absolute atomic E-state index is 6.27. The van der Waals surface area contributed by atoms with Crippen molar-refractivity contribution in [2.45, 2.75) is 6.04 Å². The Balaban J connectivity index is 2.40. The molecule has 4 heteroatoms. The molecule has 0 fully saturated rings. The molecule has 2 aromatic carbocycles. The molecule has 0 saturated carbocycles. The number of nitrogens with two attached hydrogens (primary N) is 1. The zero-order valence-corrected chi connectivity index (χ0v) is 12.2. The molecule has 0 aliphatic carbocycles. The predicted octanol–water partition coefficient (Wildman–Crippen LogP) is 4.16. The molecule has 0 heterocycles. The molecule has 0 bridgehead atoms. The van der Waals surface area contributed by atoms with Crippen LogP contribution in [-0.2, 0) is 0 Å². The third-order valence-corrected chi connectivity index (χ3v) is 3.70. The van der Waals surface area contributed by atoms with Gasteiger partial charge in [-0.2, -0.15) is 0 Å². The van der Waals surface area contributed by atoms with E-state index in [4.69, 9.17) is 22.1 Å². The van der Waals surface area contributed by atoms with Gasteiger partial charge in [-0.3, -0.25) is 0 Å². The van der Waals surface area contributed by atoms with Gasteiger partial charge in [0.25, 0.3) is 0 Å². The van der Waals surface area contributed by atoms with E-state index in [0.29, 0.717) is 5.02 Å². The second-order valence-corrected chi connectivity index (χ2v) is 5.21. The van der Waals surface area contributed by atoms with Gasteiger partial charge in [-0.15, -0.1) is 0 Å². The van der Waals surface area contributed by atoms with Gasteiger partial charge in [-0.05, 0) is 41.5 Å². The minimum absolute atomic E-state index is 0.242. The Morgan fingerprint density at radius 1 is 1.22 bits per heavy atom. The molecule has 0 amide bonds. The van der Waals surface area contributed by atoms with Crippen molar-refractivity contribution in [1.82, 2.24) is 0 Å². The first-order valence-corrected chi connectivity index (χ1v) is 6.63. The third-order valence-electron chi connectivity index (χ3n) is 2.75. The Morgan fingerprint density at radius 2 is 2.00 bits per heavy atom. The molecule has 2 nitrogen and oxygen atoms in total. The van der Waals surface area contributed by atoms with E-state index >= 15 is 0 Å². The van der Waals surface area contributed by atoms with Crippen LogP contribution in [0.3, 0.4) is 0 Å². The lowest BCUT2D eigenvalue weighted by Crippen LogP contribution is -2.12. The molecule has 94 valence electrons. The average molecular weight is 327 g/mol. The van der Waals surface area contributed by atoms with Crippen molar-refractivity contribution in [2.24, 2.45) is 5.73 Å². The summed E-state index contributed by atoms with van der Waals surface area (Å²) in [5.74, 6) is 0.793. The van der Waals surface area contributed by atoms with E-state index in [1.807, 2.05) is 42.5 Å². The second kappa shape index (κ2) is 5.74. The first-order chi connectivity index (χ1) is 8.61. The second-order valence-electron chi connectivity index (χ2n) is 3.92. The molecule has 2 aromatic rings. The minimum atomic E-state index is -0.242. The highest BCUT2D eigenvalue weighted by molar-refractivity contribution is 9.10. The van der Waals surface area contributed by atoms with E-state index in [9.17, 15) is 0 Å². The van der Waals surface area contributed by atoms with Crippen LogP contribution in [0.1, 0.15) is 17.2 Å². The van der Waals surface area contributed by atoms with Gasteiger partial charge in [0, 0.05) is 9.50 Å². The maximum Gasteiger partial charge on any atom is 0.119 e. The summed E-state index contributed by atoms with van der Waals surface area (Å²) in [5.41, 5.74) is 8.20. The van der Waals surface area contributed by atoms with Crippen molar-refractivity contribution in [3.63, 3.8) is 0 Å².